The second-order valence-electron chi connectivity index (χ2n) is 5.36. The van der Waals surface area contributed by atoms with Crippen molar-refractivity contribution in [3.8, 4) is 0 Å². The fourth-order valence-corrected chi connectivity index (χ4v) is 4.96. The molecule has 0 amide bonds. The molecule has 5 nitrogen and oxygen atoms in total. The standard InChI is InChI=1S/C17H18ClN3O2S2/c1-3-21(4-2)25(22,23)13-7-8-15-16(11-13)20-17(19-15)14(18)10-12-6-5-9-24-12/h5-11H,3-4H2,1-2H3,(H,19,20). The molecule has 8 heteroatoms. The van der Waals surface area contributed by atoms with Gasteiger partial charge in [-0.05, 0) is 35.7 Å². The van der Waals surface area contributed by atoms with Crippen LogP contribution in [0, 0.1) is 0 Å². The van der Waals surface area contributed by atoms with E-state index in [1.807, 2.05) is 37.4 Å². The van der Waals surface area contributed by atoms with Crippen LogP contribution in [0.3, 0.4) is 0 Å². The molecule has 1 N–H and O–H groups in total. The van der Waals surface area contributed by atoms with Crippen molar-refractivity contribution in [1.29, 1.82) is 0 Å². The number of sulfonamides is 1. The number of halogens is 1. The van der Waals surface area contributed by atoms with Crippen molar-refractivity contribution in [3.05, 3.63) is 46.4 Å². The third-order valence-corrected chi connectivity index (χ3v) is 6.99. The molecule has 25 heavy (non-hydrogen) atoms. The Kier molecular flexibility index (Phi) is 5.29. The highest BCUT2D eigenvalue weighted by Gasteiger charge is 2.22. The Balaban J connectivity index is 2.00. The molecule has 3 aromatic rings. The minimum Gasteiger partial charge on any atom is -0.337 e. The molecular weight excluding hydrogens is 378 g/mol. The monoisotopic (exact) mass is 395 g/mol. The number of hydrogen-bond donors (Lipinski definition) is 1. The first-order valence-corrected chi connectivity index (χ1v) is 10.6. The normalized spacial score (nSPS) is 13.0. The number of nitrogens with zero attached hydrogens (tertiary/aromatic N) is 2. The van der Waals surface area contributed by atoms with E-state index in [1.165, 1.54) is 4.31 Å². The van der Waals surface area contributed by atoms with Gasteiger partial charge in [0.15, 0.2) is 0 Å². The van der Waals surface area contributed by atoms with Gasteiger partial charge in [-0.15, -0.1) is 11.3 Å². The molecule has 0 aliphatic carbocycles. The summed E-state index contributed by atoms with van der Waals surface area (Å²) >= 11 is 7.92. The van der Waals surface area contributed by atoms with Crippen LogP contribution in [-0.4, -0.2) is 35.8 Å². The molecule has 0 saturated heterocycles. The van der Waals surface area contributed by atoms with Crippen molar-refractivity contribution in [1.82, 2.24) is 14.3 Å². The molecule has 2 heterocycles. The Hall–Kier alpha value is -1.67. The second kappa shape index (κ2) is 7.29. The van der Waals surface area contributed by atoms with Gasteiger partial charge >= 0.3 is 0 Å². The van der Waals surface area contributed by atoms with E-state index in [1.54, 1.807) is 29.5 Å². The maximum Gasteiger partial charge on any atom is 0.243 e. The Bertz CT molecular complexity index is 1000. The van der Waals surface area contributed by atoms with Gasteiger partial charge in [0, 0.05) is 18.0 Å². The summed E-state index contributed by atoms with van der Waals surface area (Å²) in [6, 6.07) is 8.79. The van der Waals surface area contributed by atoms with Crippen molar-refractivity contribution in [2.24, 2.45) is 0 Å². The average molecular weight is 396 g/mol. The van der Waals surface area contributed by atoms with Crippen LogP contribution in [0.15, 0.2) is 40.6 Å². The van der Waals surface area contributed by atoms with Crippen LogP contribution in [0.5, 0.6) is 0 Å². The predicted molar refractivity (Wildman–Crippen MR) is 104 cm³/mol. The fourth-order valence-electron chi connectivity index (χ4n) is 2.54. The van der Waals surface area contributed by atoms with Crippen molar-refractivity contribution in [2.75, 3.05) is 13.1 Å². The van der Waals surface area contributed by atoms with E-state index in [-0.39, 0.29) is 4.90 Å². The molecule has 132 valence electrons. The average Bonchev–Trinajstić information content (AvgIpc) is 3.23. The summed E-state index contributed by atoms with van der Waals surface area (Å²) in [5, 5.41) is 2.45. The van der Waals surface area contributed by atoms with Gasteiger partial charge in [0.2, 0.25) is 10.0 Å². The SMILES string of the molecule is CCN(CC)S(=O)(=O)c1ccc2nc(C(Cl)=Cc3cccs3)[nH]c2c1. The number of aromatic amines is 1. The van der Waals surface area contributed by atoms with Crippen molar-refractivity contribution in [3.63, 3.8) is 0 Å². The summed E-state index contributed by atoms with van der Waals surface area (Å²) in [5.74, 6) is 0.516. The number of nitrogens with one attached hydrogen (secondary N) is 1. The zero-order chi connectivity index (χ0) is 18.0. The Morgan fingerprint density at radius 1 is 1.32 bits per heavy atom. The molecule has 0 fully saturated rings. The molecule has 0 saturated carbocycles. The first-order chi connectivity index (χ1) is 12.0. The molecule has 0 spiro atoms. The number of thiophene rings is 1. The Morgan fingerprint density at radius 3 is 2.72 bits per heavy atom. The van der Waals surface area contributed by atoms with Gasteiger partial charge in [-0.2, -0.15) is 4.31 Å². The lowest BCUT2D eigenvalue weighted by molar-refractivity contribution is 0.445. The molecule has 0 radical (unpaired) electrons. The number of benzene rings is 1. The van der Waals surface area contributed by atoms with Crippen LogP contribution in [0.1, 0.15) is 24.5 Å². The summed E-state index contributed by atoms with van der Waals surface area (Å²) in [6.45, 7) is 4.51. The van der Waals surface area contributed by atoms with Gasteiger partial charge in [0.25, 0.3) is 0 Å². The lowest BCUT2D eigenvalue weighted by Gasteiger charge is -2.18. The van der Waals surface area contributed by atoms with Gasteiger partial charge < -0.3 is 4.98 Å². The van der Waals surface area contributed by atoms with E-state index >= 15 is 0 Å². The minimum absolute atomic E-state index is 0.247. The second-order valence-corrected chi connectivity index (χ2v) is 8.69. The maximum absolute atomic E-state index is 12.6. The molecular formula is C17H18ClN3O2S2. The maximum atomic E-state index is 12.6. The highest BCUT2D eigenvalue weighted by Crippen LogP contribution is 2.26. The van der Waals surface area contributed by atoms with E-state index in [4.69, 9.17) is 11.6 Å². The summed E-state index contributed by atoms with van der Waals surface area (Å²) in [4.78, 5) is 8.82. The minimum atomic E-state index is -3.51. The Morgan fingerprint density at radius 2 is 2.08 bits per heavy atom. The van der Waals surface area contributed by atoms with E-state index in [2.05, 4.69) is 9.97 Å². The van der Waals surface area contributed by atoms with Crippen molar-refractivity contribution in [2.45, 2.75) is 18.7 Å². The van der Waals surface area contributed by atoms with Gasteiger partial charge in [-0.3, -0.25) is 0 Å². The lowest BCUT2D eigenvalue weighted by Crippen LogP contribution is -2.30. The van der Waals surface area contributed by atoms with Crippen LogP contribution in [-0.2, 0) is 10.0 Å². The van der Waals surface area contributed by atoms with Crippen LogP contribution in [0.2, 0.25) is 0 Å². The van der Waals surface area contributed by atoms with E-state index < -0.39 is 10.0 Å². The summed E-state index contributed by atoms with van der Waals surface area (Å²) in [5.41, 5.74) is 1.31. The lowest BCUT2D eigenvalue weighted by atomic mass is 10.3. The number of H-pyrrole nitrogens is 1. The van der Waals surface area contributed by atoms with Crippen molar-refractivity contribution >= 4 is 55.1 Å². The third-order valence-electron chi connectivity index (χ3n) is 3.83. The Labute approximate surface area is 156 Å². The fraction of sp³-hybridized carbons (Fsp3) is 0.235. The summed E-state index contributed by atoms with van der Waals surface area (Å²) in [7, 11) is -3.51. The molecule has 0 aliphatic rings. The first kappa shape index (κ1) is 18.1. The first-order valence-electron chi connectivity index (χ1n) is 7.86. The summed E-state index contributed by atoms with van der Waals surface area (Å²) in [6.07, 6.45) is 1.83. The van der Waals surface area contributed by atoms with E-state index in [9.17, 15) is 8.42 Å². The molecule has 2 aromatic heterocycles. The highest BCUT2D eigenvalue weighted by molar-refractivity contribution is 7.89. The molecule has 0 aliphatic heterocycles. The number of rotatable bonds is 6. The van der Waals surface area contributed by atoms with Gasteiger partial charge in [0.1, 0.15) is 5.82 Å². The third kappa shape index (κ3) is 3.64. The predicted octanol–water partition coefficient (Wildman–Crippen LogP) is 4.39. The van der Waals surface area contributed by atoms with Crippen LogP contribution in [0.4, 0.5) is 0 Å². The largest absolute Gasteiger partial charge is 0.337 e. The number of imidazole rings is 1. The van der Waals surface area contributed by atoms with E-state index in [0.29, 0.717) is 35.0 Å². The molecule has 0 bridgehead atoms. The van der Waals surface area contributed by atoms with E-state index in [0.717, 1.165) is 4.88 Å². The molecule has 0 unspecified atom stereocenters. The van der Waals surface area contributed by atoms with Crippen LogP contribution < -0.4 is 0 Å². The van der Waals surface area contributed by atoms with Crippen LogP contribution >= 0.6 is 22.9 Å². The quantitative estimate of drug-likeness (QED) is 0.673. The zero-order valence-corrected chi connectivity index (χ0v) is 16.2. The number of aromatic nitrogens is 2. The molecule has 3 rings (SSSR count). The molecule has 0 atom stereocenters. The zero-order valence-electron chi connectivity index (χ0n) is 13.9. The highest BCUT2D eigenvalue weighted by atomic mass is 35.5. The number of fused-ring (bicyclic) bond motifs is 1. The van der Waals surface area contributed by atoms with Gasteiger partial charge in [0.05, 0.1) is 21.0 Å². The topological polar surface area (TPSA) is 66.1 Å². The van der Waals surface area contributed by atoms with Gasteiger partial charge in [-0.1, -0.05) is 31.5 Å². The molecule has 1 aromatic carbocycles. The van der Waals surface area contributed by atoms with Gasteiger partial charge in [-0.25, -0.2) is 13.4 Å². The van der Waals surface area contributed by atoms with Crippen molar-refractivity contribution < 1.29 is 8.42 Å². The smallest absolute Gasteiger partial charge is 0.243 e. The summed E-state index contributed by atoms with van der Waals surface area (Å²) < 4.78 is 26.7. The van der Waals surface area contributed by atoms with Crippen LogP contribution in [0.25, 0.3) is 22.1 Å². The number of hydrogen-bond acceptors (Lipinski definition) is 4.